The van der Waals surface area contributed by atoms with Gasteiger partial charge in [0.05, 0.1) is 5.56 Å². The Bertz CT molecular complexity index is 866. The van der Waals surface area contributed by atoms with Crippen LogP contribution in [0, 0.1) is 13.8 Å². The van der Waals surface area contributed by atoms with Crippen molar-refractivity contribution in [2.24, 2.45) is 0 Å². The molecule has 0 radical (unpaired) electrons. The molecule has 0 aromatic carbocycles. The Morgan fingerprint density at radius 2 is 1.93 bits per heavy atom. The van der Waals surface area contributed by atoms with E-state index in [1.807, 2.05) is 13.8 Å². The van der Waals surface area contributed by atoms with E-state index < -0.39 is 0 Å². The van der Waals surface area contributed by atoms with Gasteiger partial charge in [0.2, 0.25) is 5.13 Å². The smallest absolute Gasteiger partial charge is 0.258 e. The van der Waals surface area contributed by atoms with Crippen LogP contribution in [0.4, 0.5) is 5.13 Å². The van der Waals surface area contributed by atoms with Gasteiger partial charge in [-0.15, -0.1) is 21.5 Å². The molecule has 150 valence electrons. The number of nitrogens with one attached hydrogen (secondary N) is 2. The summed E-state index contributed by atoms with van der Waals surface area (Å²) in [6, 6.07) is 4.23. The summed E-state index contributed by atoms with van der Waals surface area (Å²) >= 11 is 3.17. The van der Waals surface area contributed by atoms with Gasteiger partial charge in [0, 0.05) is 33.8 Å². The molecule has 0 spiro atoms. The number of aryl methyl sites for hydroxylation is 2. The third kappa shape index (κ3) is 4.01. The number of anilines is 1. The summed E-state index contributed by atoms with van der Waals surface area (Å²) in [5.41, 5.74) is 0.774. The van der Waals surface area contributed by atoms with Crippen LogP contribution in [-0.2, 0) is 0 Å². The fraction of sp³-hybridized carbons (Fsp3) is 0.650. The van der Waals surface area contributed by atoms with Crippen LogP contribution >= 0.6 is 22.7 Å². The summed E-state index contributed by atoms with van der Waals surface area (Å²) in [6.45, 7) is 6.44. The van der Waals surface area contributed by atoms with Gasteiger partial charge < -0.3 is 10.2 Å². The van der Waals surface area contributed by atoms with E-state index in [2.05, 4.69) is 31.8 Å². The quantitative estimate of drug-likeness (QED) is 0.752. The number of nitrogens with zero attached hydrogens (tertiary/aromatic N) is 3. The Kier molecular flexibility index (Phi) is 4.99. The first-order valence-corrected chi connectivity index (χ1v) is 11.9. The molecule has 2 N–H and O–H groups in total. The first-order chi connectivity index (χ1) is 13.6. The summed E-state index contributed by atoms with van der Waals surface area (Å²) in [5.74, 6) is 0.490. The summed E-state index contributed by atoms with van der Waals surface area (Å²) in [5, 5.41) is 16.1. The molecule has 8 heteroatoms. The van der Waals surface area contributed by atoms with Crippen LogP contribution in [-0.4, -0.2) is 52.2 Å². The largest absolute Gasteiger partial charge is 0.310 e. The Morgan fingerprint density at radius 3 is 2.61 bits per heavy atom. The fourth-order valence-corrected chi connectivity index (χ4v) is 6.08. The highest BCUT2D eigenvalue weighted by Crippen LogP contribution is 2.45. The molecule has 2 aliphatic carbocycles. The lowest BCUT2D eigenvalue weighted by Crippen LogP contribution is -2.44. The maximum Gasteiger partial charge on any atom is 0.258 e. The number of carbonyl (C=O) groups is 1. The Labute approximate surface area is 173 Å². The number of thiophene rings is 1. The average Bonchev–Trinajstić information content (AvgIpc) is 3.58. The van der Waals surface area contributed by atoms with E-state index in [-0.39, 0.29) is 5.91 Å². The number of hydrogen-bond donors (Lipinski definition) is 2. The average molecular weight is 418 g/mol. The molecule has 2 unspecified atom stereocenters. The molecule has 2 aromatic rings. The van der Waals surface area contributed by atoms with E-state index >= 15 is 0 Å². The van der Waals surface area contributed by atoms with Crippen LogP contribution in [0.15, 0.2) is 6.07 Å². The van der Waals surface area contributed by atoms with Gasteiger partial charge in [-0.2, -0.15) is 0 Å². The number of piperidine rings is 1. The van der Waals surface area contributed by atoms with Gasteiger partial charge in [-0.1, -0.05) is 11.3 Å². The second kappa shape index (κ2) is 7.48. The first kappa shape index (κ1) is 18.7. The van der Waals surface area contributed by atoms with Crippen molar-refractivity contribution < 1.29 is 4.79 Å². The highest BCUT2D eigenvalue weighted by atomic mass is 32.1. The molecular formula is C20H27N5OS2. The zero-order valence-electron chi connectivity index (χ0n) is 16.4. The van der Waals surface area contributed by atoms with Crippen LogP contribution < -0.4 is 10.6 Å². The topological polar surface area (TPSA) is 70.1 Å². The molecule has 6 nitrogen and oxygen atoms in total. The Hall–Kier alpha value is -1.35. The lowest BCUT2D eigenvalue weighted by atomic mass is 10.0. The van der Waals surface area contributed by atoms with Gasteiger partial charge in [0.15, 0.2) is 0 Å². The van der Waals surface area contributed by atoms with Crippen molar-refractivity contribution in [3.63, 3.8) is 0 Å². The molecular weight excluding hydrogens is 390 g/mol. The second-order valence-electron chi connectivity index (χ2n) is 8.36. The maximum atomic E-state index is 12.6. The van der Waals surface area contributed by atoms with E-state index in [4.69, 9.17) is 0 Å². The van der Waals surface area contributed by atoms with Crippen molar-refractivity contribution in [1.82, 2.24) is 20.4 Å². The number of aromatic nitrogens is 2. The maximum absolute atomic E-state index is 12.6. The first-order valence-electron chi connectivity index (χ1n) is 10.3. The highest BCUT2D eigenvalue weighted by Gasteiger charge is 2.42. The van der Waals surface area contributed by atoms with Gasteiger partial charge in [-0.3, -0.25) is 10.1 Å². The van der Waals surface area contributed by atoms with Crippen molar-refractivity contribution in [3.05, 3.63) is 26.4 Å². The zero-order chi connectivity index (χ0) is 19.3. The molecule has 1 amide bonds. The predicted molar refractivity (Wildman–Crippen MR) is 114 cm³/mol. The van der Waals surface area contributed by atoms with Crippen molar-refractivity contribution >= 4 is 33.7 Å². The number of amides is 1. The molecule has 5 rings (SSSR count). The molecule has 2 aromatic heterocycles. The lowest BCUT2D eigenvalue weighted by molar-refractivity contribution is 0.102. The highest BCUT2D eigenvalue weighted by molar-refractivity contribution is 7.15. The van der Waals surface area contributed by atoms with E-state index in [1.165, 1.54) is 61.4 Å². The van der Waals surface area contributed by atoms with Crippen molar-refractivity contribution in [2.45, 2.75) is 70.0 Å². The normalized spacial score (nSPS) is 25.8. The van der Waals surface area contributed by atoms with Crippen molar-refractivity contribution in [3.8, 4) is 0 Å². The minimum absolute atomic E-state index is 0.0752. The Morgan fingerprint density at radius 1 is 1.14 bits per heavy atom. The van der Waals surface area contributed by atoms with Gasteiger partial charge in [0.1, 0.15) is 5.01 Å². The fourth-order valence-electron chi connectivity index (χ4n) is 4.29. The summed E-state index contributed by atoms with van der Waals surface area (Å²) in [6.07, 6.45) is 6.57. The van der Waals surface area contributed by atoms with Crippen LogP contribution in [0.3, 0.4) is 0 Å². The van der Waals surface area contributed by atoms with E-state index in [9.17, 15) is 4.79 Å². The minimum atomic E-state index is -0.0752. The summed E-state index contributed by atoms with van der Waals surface area (Å²) < 4.78 is 0. The zero-order valence-corrected chi connectivity index (χ0v) is 18.0. The van der Waals surface area contributed by atoms with Crippen molar-refractivity contribution in [2.75, 3.05) is 18.4 Å². The number of likely N-dealkylation sites (tertiary alicyclic amines) is 1. The lowest BCUT2D eigenvalue weighted by Gasteiger charge is -2.32. The van der Waals surface area contributed by atoms with E-state index in [1.54, 1.807) is 11.3 Å². The van der Waals surface area contributed by atoms with E-state index in [0.29, 0.717) is 23.1 Å². The number of carbonyl (C=O) groups excluding carboxylic acids is 1. The molecule has 1 aliphatic heterocycles. The van der Waals surface area contributed by atoms with E-state index in [0.717, 1.165) is 21.5 Å². The van der Waals surface area contributed by atoms with Crippen LogP contribution in [0.5, 0.6) is 0 Å². The standard InChI is InChI=1S/C20H27N5OS2/c1-11-15(19(26)22-20-24-23-12(2)28-20)10-18(27-11)16-9-17(16)21-13-5-7-25(8-6-13)14-3-4-14/h10,13-14,16-17,21H,3-9H2,1-2H3,(H,22,24,26). The summed E-state index contributed by atoms with van der Waals surface area (Å²) in [7, 11) is 0. The van der Waals surface area contributed by atoms with Crippen LogP contribution in [0.2, 0.25) is 0 Å². The second-order valence-corrected chi connectivity index (χ2v) is 10.8. The van der Waals surface area contributed by atoms with Gasteiger partial charge in [0.25, 0.3) is 5.91 Å². The van der Waals surface area contributed by atoms with Gasteiger partial charge >= 0.3 is 0 Å². The number of hydrogen-bond acceptors (Lipinski definition) is 7. The summed E-state index contributed by atoms with van der Waals surface area (Å²) in [4.78, 5) is 17.7. The molecule has 3 fully saturated rings. The molecule has 2 atom stereocenters. The monoisotopic (exact) mass is 417 g/mol. The van der Waals surface area contributed by atoms with Crippen LogP contribution in [0.1, 0.15) is 63.1 Å². The molecule has 1 saturated heterocycles. The molecule has 3 aliphatic rings. The third-order valence-electron chi connectivity index (χ3n) is 6.13. The van der Waals surface area contributed by atoms with Crippen molar-refractivity contribution in [1.29, 1.82) is 0 Å². The minimum Gasteiger partial charge on any atom is -0.310 e. The number of rotatable bonds is 6. The molecule has 0 bridgehead atoms. The van der Waals surface area contributed by atoms with Gasteiger partial charge in [-0.05, 0) is 65.1 Å². The Balaban J connectivity index is 1.15. The SMILES string of the molecule is Cc1nnc(NC(=O)c2cc(C3CC3NC3CCN(C4CC4)CC3)sc2C)s1. The third-order valence-corrected chi connectivity index (χ3v) is 8.06. The van der Waals surface area contributed by atoms with Crippen LogP contribution in [0.25, 0.3) is 0 Å². The molecule has 2 saturated carbocycles. The molecule has 3 heterocycles. The van der Waals surface area contributed by atoms with Gasteiger partial charge in [-0.25, -0.2) is 0 Å². The predicted octanol–water partition coefficient (Wildman–Crippen LogP) is 3.54. The molecule has 28 heavy (non-hydrogen) atoms.